The molecule has 0 amide bonds. The van der Waals surface area contributed by atoms with Crippen molar-refractivity contribution in [2.24, 2.45) is 0 Å². The molecule has 96 valence electrons. The predicted octanol–water partition coefficient (Wildman–Crippen LogP) is 2.70. The number of likely N-dealkylation sites (N-methyl/N-ethyl adjacent to an activating group) is 1. The fourth-order valence-corrected chi connectivity index (χ4v) is 2.16. The molecule has 0 saturated carbocycles. The second-order valence-electron chi connectivity index (χ2n) is 4.56. The maximum absolute atomic E-state index is 4.41. The first-order valence-corrected chi connectivity index (χ1v) is 6.49. The van der Waals surface area contributed by atoms with E-state index in [1.807, 2.05) is 6.33 Å². The zero-order chi connectivity index (χ0) is 13.0. The van der Waals surface area contributed by atoms with Crippen molar-refractivity contribution in [3.8, 4) is 0 Å². The van der Waals surface area contributed by atoms with E-state index in [0.29, 0.717) is 6.04 Å². The molecule has 18 heavy (non-hydrogen) atoms. The topological polar surface area (TPSA) is 29.9 Å². The molecule has 1 aromatic heterocycles. The van der Waals surface area contributed by atoms with Crippen LogP contribution in [0.4, 0.5) is 0 Å². The molecule has 1 unspecified atom stereocenters. The van der Waals surface area contributed by atoms with Crippen molar-refractivity contribution in [1.29, 1.82) is 0 Å². The second kappa shape index (κ2) is 5.83. The van der Waals surface area contributed by atoms with Gasteiger partial charge in [0.2, 0.25) is 0 Å². The summed E-state index contributed by atoms with van der Waals surface area (Å²) in [5.41, 5.74) is 3.66. The predicted molar refractivity (Wildman–Crippen MR) is 74.8 cm³/mol. The van der Waals surface area contributed by atoms with Gasteiger partial charge in [0.05, 0.1) is 18.1 Å². The maximum atomic E-state index is 4.41. The normalized spacial score (nSPS) is 12.6. The highest BCUT2D eigenvalue weighted by molar-refractivity contribution is 5.23. The molecule has 0 aliphatic heterocycles. The van der Waals surface area contributed by atoms with Crippen LogP contribution in [0.15, 0.2) is 36.7 Å². The van der Waals surface area contributed by atoms with Crippen molar-refractivity contribution in [1.82, 2.24) is 14.9 Å². The van der Waals surface area contributed by atoms with Crippen molar-refractivity contribution >= 4 is 0 Å². The van der Waals surface area contributed by atoms with E-state index in [1.54, 1.807) is 0 Å². The Morgan fingerprint density at radius 2 is 1.94 bits per heavy atom. The van der Waals surface area contributed by atoms with Crippen LogP contribution in [0.5, 0.6) is 0 Å². The van der Waals surface area contributed by atoms with E-state index < -0.39 is 0 Å². The third kappa shape index (κ3) is 2.62. The summed E-state index contributed by atoms with van der Waals surface area (Å²) in [6, 6.07) is 10.9. The van der Waals surface area contributed by atoms with E-state index in [2.05, 4.69) is 66.0 Å². The van der Waals surface area contributed by atoms with E-state index in [9.17, 15) is 0 Å². The van der Waals surface area contributed by atoms with E-state index in [-0.39, 0.29) is 0 Å². The Hall–Kier alpha value is -1.61. The summed E-state index contributed by atoms with van der Waals surface area (Å²) in [7, 11) is 0. The largest absolute Gasteiger partial charge is 0.326 e. The molecule has 1 aromatic carbocycles. The first-order valence-electron chi connectivity index (χ1n) is 6.49. The van der Waals surface area contributed by atoms with Crippen molar-refractivity contribution in [2.75, 3.05) is 13.1 Å². The molecule has 1 heterocycles. The van der Waals surface area contributed by atoms with Crippen LogP contribution in [0.25, 0.3) is 0 Å². The van der Waals surface area contributed by atoms with Gasteiger partial charge in [-0.25, -0.2) is 4.98 Å². The molecule has 2 aromatic rings. The molecule has 0 spiro atoms. The molecular weight excluding hydrogens is 222 g/mol. The van der Waals surface area contributed by atoms with E-state index in [1.165, 1.54) is 11.3 Å². The number of imidazole rings is 1. The second-order valence-corrected chi connectivity index (χ2v) is 4.56. The summed E-state index contributed by atoms with van der Waals surface area (Å²) in [6.45, 7) is 8.23. The average Bonchev–Trinajstić information content (AvgIpc) is 2.73. The SMILES string of the molecule is CCNCC(c1ccccc1)n1cnc(C)c1C. The average molecular weight is 243 g/mol. The van der Waals surface area contributed by atoms with Gasteiger partial charge in [0.25, 0.3) is 0 Å². The van der Waals surface area contributed by atoms with E-state index >= 15 is 0 Å². The third-order valence-electron chi connectivity index (χ3n) is 3.39. The Morgan fingerprint density at radius 3 is 2.50 bits per heavy atom. The number of nitrogens with one attached hydrogen (secondary N) is 1. The summed E-state index contributed by atoms with van der Waals surface area (Å²) < 4.78 is 2.26. The van der Waals surface area contributed by atoms with Crippen molar-refractivity contribution in [2.45, 2.75) is 26.8 Å². The van der Waals surface area contributed by atoms with Gasteiger partial charge in [-0.2, -0.15) is 0 Å². The molecule has 3 nitrogen and oxygen atoms in total. The molecule has 0 aliphatic carbocycles. The minimum absolute atomic E-state index is 0.312. The minimum Gasteiger partial charge on any atom is -0.326 e. The van der Waals surface area contributed by atoms with E-state index in [0.717, 1.165) is 18.8 Å². The fraction of sp³-hybridized carbons (Fsp3) is 0.400. The van der Waals surface area contributed by atoms with Crippen LogP contribution in [-0.4, -0.2) is 22.6 Å². The Kier molecular flexibility index (Phi) is 4.15. The first kappa shape index (κ1) is 12.8. The molecular formula is C15H21N3. The highest BCUT2D eigenvalue weighted by Gasteiger charge is 2.15. The minimum atomic E-state index is 0.312. The van der Waals surface area contributed by atoms with Crippen LogP contribution in [0, 0.1) is 13.8 Å². The highest BCUT2D eigenvalue weighted by Crippen LogP contribution is 2.20. The van der Waals surface area contributed by atoms with Gasteiger partial charge in [-0.05, 0) is 26.0 Å². The molecule has 0 radical (unpaired) electrons. The van der Waals surface area contributed by atoms with Gasteiger partial charge in [-0.3, -0.25) is 0 Å². The number of benzene rings is 1. The zero-order valence-electron chi connectivity index (χ0n) is 11.4. The quantitative estimate of drug-likeness (QED) is 0.875. The number of aromatic nitrogens is 2. The van der Waals surface area contributed by atoms with Crippen LogP contribution in [0.3, 0.4) is 0 Å². The van der Waals surface area contributed by atoms with Crippen LogP contribution in [0.2, 0.25) is 0 Å². The molecule has 0 saturated heterocycles. The molecule has 1 atom stereocenters. The van der Waals surface area contributed by atoms with Crippen LogP contribution in [-0.2, 0) is 0 Å². The summed E-state index contributed by atoms with van der Waals surface area (Å²) in [6.07, 6.45) is 1.94. The van der Waals surface area contributed by atoms with Crippen molar-refractivity contribution in [3.05, 3.63) is 53.6 Å². The van der Waals surface area contributed by atoms with Gasteiger partial charge in [-0.15, -0.1) is 0 Å². The summed E-state index contributed by atoms with van der Waals surface area (Å²) >= 11 is 0. The lowest BCUT2D eigenvalue weighted by Crippen LogP contribution is -2.26. The summed E-state index contributed by atoms with van der Waals surface area (Å²) in [5.74, 6) is 0. The van der Waals surface area contributed by atoms with Gasteiger partial charge in [0.1, 0.15) is 0 Å². The standard InChI is InChI=1S/C15H21N3/c1-4-16-10-15(14-8-6-5-7-9-14)18-11-17-12(2)13(18)3/h5-9,11,15-16H,4,10H2,1-3H3. The first-order chi connectivity index (χ1) is 8.74. The number of rotatable bonds is 5. The zero-order valence-corrected chi connectivity index (χ0v) is 11.4. The molecule has 0 fully saturated rings. The van der Waals surface area contributed by atoms with Crippen LogP contribution in [0.1, 0.15) is 29.9 Å². The van der Waals surface area contributed by atoms with Gasteiger partial charge in [0.15, 0.2) is 0 Å². The van der Waals surface area contributed by atoms with Crippen LogP contribution < -0.4 is 5.32 Å². The molecule has 3 heteroatoms. The number of aryl methyl sites for hydroxylation is 1. The lowest BCUT2D eigenvalue weighted by Gasteiger charge is -2.21. The molecule has 2 rings (SSSR count). The number of hydrogen-bond donors (Lipinski definition) is 1. The Morgan fingerprint density at radius 1 is 1.22 bits per heavy atom. The van der Waals surface area contributed by atoms with Gasteiger partial charge < -0.3 is 9.88 Å². The van der Waals surface area contributed by atoms with Gasteiger partial charge in [-0.1, -0.05) is 37.3 Å². The number of hydrogen-bond acceptors (Lipinski definition) is 2. The van der Waals surface area contributed by atoms with Crippen LogP contribution >= 0.6 is 0 Å². The maximum Gasteiger partial charge on any atom is 0.0957 e. The lowest BCUT2D eigenvalue weighted by molar-refractivity contribution is 0.522. The smallest absolute Gasteiger partial charge is 0.0957 e. The molecule has 0 bridgehead atoms. The van der Waals surface area contributed by atoms with E-state index in [4.69, 9.17) is 0 Å². The molecule has 0 aliphatic rings. The van der Waals surface area contributed by atoms with Gasteiger partial charge in [0, 0.05) is 12.2 Å². The Labute approximate surface area is 109 Å². The highest BCUT2D eigenvalue weighted by atomic mass is 15.1. The fourth-order valence-electron chi connectivity index (χ4n) is 2.16. The van der Waals surface area contributed by atoms with Crippen molar-refractivity contribution < 1.29 is 0 Å². The summed E-state index contributed by atoms with van der Waals surface area (Å²) in [5, 5.41) is 3.43. The monoisotopic (exact) mass is 243 g/mol. The van der Waals surface area contributed by atoms with Gasteiger partial charge >= 0.3 is 0 Å². The number of nitrogens with zero attached hydrogens (tertiary/aromatic N) is 2. The molecule has 1 N–H and O–H groups in total. The third-order valence-corrected chi connectivity index (χ3v) is 3.39. The Balaban J connectivity index is 2.34. The van der Waals surface area contributed by atoms with Crippen molar-refractivity contribution in [3.63, 3.8) is 0 Å². The summed E-state index contributed by atoms with van der Waals surface area (Å²) in [4.78, 5) is 4.41. The lowest BCUT2D eigenvalue weighted by atomic mass is 10.1. The Bertz CT molecular complexity index is 488.